The molecule has 5 aliphatic rings. The second-order valence-corrected chi connectivity index (χ2v) is 10.8. The fourth-order valence-corrected chi connectivity index (χ4v) is 7.82. The summed E-state index contributed by atoms with van der Waals surface area (Å²) in [4.78, 5) is 27.3. The van der Waals surface area contributed by atoms with Crippen molar-refractivity contribution in [1.29, 1.82) is 0 Å². The highest BCUT2D eigenvalue weighted by Crippen LogP contribution is 2.66. The Hall–Kier alpha value is -2.27. The molecule has 0 spiro atoms. The molecule has 30 heavy (non-hydrogen) atoms. The smallest absolute Gasteiger partial charge is 0.256 e. The Bertz CT molecular complexity index is 1040. The Morgan fingerprint density at radius 2 is 1.87 bits per heavy atom. The summed E-state index contributed by atoms with van der Waals surface area (Å²) in [6.07, 6.45) is 8.18. The lowest BCUT2D eigenvalue weighted by atomic mass is 9.73. The molecule has 0 saturated heterocycles. The number of nitrogens with one attached hydrogen (secondary N) is 2. The number of rotatable bonds is 4. The van der Waals surface area contributed by atoms with E-state index in [0.29, 0.717) is 22.2 Å². The van der Waals surface area contributed by atoms with Gasteiger partial charge >= 0.3 is 0 Å². The summed E-state index contributed by atoms with van der Waals surface area (Å²) < 4.78 is 0. The van der Waals surface area contributed by atoms with Gasteiger partial charge in [-0.3, -0.25) is 9.59 Å². The molecule has 2 amide bonds. The van der Waals surface area contributed by atoms with Gasteiger partial charge < -0.3 is 10.6 Å². The van der Waals surface area contributed by atoms with Gasteiger partial charge in [0, 0.05) is 21.9 Å². The van der Waals surface area contributed by atoms with Crippen LogP contribution in [0, 0.1) is 23.2 Å². The maximum atomic E-state index is 12.8. The van der Waals surface area contributed by atoms with Crippen LogP contribution in [-0.2, 0) is 0 Å². The minimum absolute atomic E-state index is 0.0482. The van der Waals surface area contributed by atoms with Crippen LogP contribution >= 0.6 is 11.8 Å². The monoisotopic (exact) mass is 418 g/mol. The van der Waals surface area contributed by atoms with Crippen LogP contribution < -0.4 is 10.6 Å². The maximum absolute atomic E-state index is 12.8. The maximum Gasteiger partial charge on any atom is 0.256 e. The molecule has 5 heteroatoms. The van der Waals surface area contributed by atoms with Gasteiger partial charge in [-0.05, 0) is 92.0 Å². The lowest BCUT2D eigenvalue weighted by molar-refractivity contribution is 0.0939. The zero-order chi connectivity index (χ0) is 20.3. The Morgan fingerprint density at radius 1 is 1.07 bits per heavy atom. The average Bonchev–Trinajstić information content (AvgIpc) is 3.05. The summed E-state index contributed by atoms with van der Waals surface area (Å²) in [5.74, 6) is 2.63. The van der Waals surface area contributed by atoms with Crippen molar-refractivity contribution in [2.45, 2.75) is 48.3 Å². The second-order valence-electron chi connectivity index (χ2n) is 9.68. The Kier molecular flexibility index (Phi) is 4.24. The Balaban J connectivity index is 1.14. The summed E-state index contributed by atoms with van der Waals surface area (Å²) in [6.45, 7) is 0.748. The number of hydrogen-bond donors (Lipinski definition) is 2. The number of carbonyl (C=O) groups is 2. The van der Waals surface area contributed by atoms with Crippen molar-refractivity contribution >= 4 is 29.3 Å². The third-order valence-corrected chi connectivity index (χ3v) is 9.06. The van der Waals surface area contributed by atoms with Gasteiger partial charge in [0.05, 0.1) is 11.3 Å². The molecule has 0 radical (unpaired) electrons. The lowest BCUT2D eigenvalue weighted by Gasteiger charge is -2.33. The van der Waals surface area contributed by atoms with Crippen LogP contribution in [-0.4, -0.2) is 18.4 Å². The van der Waals surface area contributed by atoms with E-state index >= 15 is 0 Å². The van der Waals surface area contributed by atoms with Crippen molar-refractivity contribution in [2.24, 2.45) is 23.2 Å². The van der Waals surface area contributed by atoms with Crippen LogP contribution in [0.2, 0.25) is 0 Å². The molecular weight excluding hydrogens is 392 g/mol. The van der Waals surface area contributed by atoms with E-state index in [2.05, 4.69) is 10.6 Å². The van der Waals surface area contributed by atoms with Gasteiger partial charge in [0.15, 0.2) is 0 Å². The van der Waals surface area contributed by atoms with E-state index in [1.807, 2.05) is 42.5 Å². The molecule has 2 aromatic rings. The molecule has 1 heterocycles. The van der Waals surface area contributed by atoms with E-state index in [4.69, 9.17) is 0 Å². The summed E-state index contributed by atoms with van der Waals surface area (Å²) in [5.41, 5.74) is 2.49. The van der Waals surface area contributed by atoms with E-state index in [1.54, 1.807) is 11.8 Å². The highest BCUT2D eigenvalue weighted by Gasteiger charge is 2.56. The first kappa shape index (κ1) is 18.5. The molecule has 4 bridgehead atoms. The number of benzene rings is 2. The van der Waals surface area contributed by atoms with Crippen LogP contribution in [0.5, 0.6) is 0 Å². The van der Waals surface area contributed by atoms with Gasteiger partial charge in [-0.25, -0.2) is 0 Å². The van der Waals surface area contributed by atoms with Crippen molar-refractivity contribution in [1.82, 2.24) is 5.32 Å². The van der Waals surface area contributed by atoms with Gasteiger partial charge in [-0.15, -0.1) is 0 Å². The molecule has 4 nitrogen and oxygen atoms in total. The first-order valence-corrected chi connectivity index (χ1v) is 11.9. The average molecular weight is 419 g/mol. The molecule has 4 fully saturated rings. The van der Waals surface area contributed by atoms with Crippen LogP contribution in [0.3, 0.4) is 0 Å². The molecular formula is C25H26N2O2S. The Morgan fingerprint density at radius 3 is 2.70 bits per heavy atom. The first-order chi connectivity index (χ1) is 14.6. The highest BCUT2D eigenvalue weighted by atomic mass is 32.2. The minimum Gasteiger partial charge on any atom is -0.352 e. The number of fused-ring (bicyclic) bond motifs is 2. The number of hydrogen-bond acceptors (Lipinski definition) is 3. The van der Waals surface area contributed by atoms with Crippen LogP contribution in [0.25, 0.3) is 0 Å². The van der Waals surface area contributed by atoms with Gasteiger partial charge in [-0.2, -0.15) is 0 Å². The topological polar surface area (TPSA) is 58.2 Å². The predicted octanol–water partition coefficient (Wildman–Crippen LogP) is 5.35. The third kappa shape index (κ3) is 2.97. The van der Waals surface area contributed by atoms with Crippen molar-refractivity contribution < 1.29 is 9.59 Å². The molecule has 2 unspecified atom stereocenters. The van der Waals surface area contributed by atoms with Gasteiger partial charge in [0.2, 0.25) is 0 Å². The van der Waals surface area contributed by atoms with E-state index in [-0.39, 0.29) is 11.8 Å². The number of amides is 2. The second kappa shape index (κ2) is 6.88. The highest BCUT2D eigenvalue weighted by molar-refractivity contribution is 7.99. The third-order valence-electron chi connectivity index (χ3n) is 7.91. The van der Waals surface area contributed by atoms with Crippen molar-refractivity contribution in [3.8, 4) is 0 Å². The molecule has 0 aromatic heterocycles. The van der Waals surface area contributed by atoms with Gasteiger partial charge in [0.25, 0.3) is 11.8 Å². The largest absolute Gasteiger partial charge is 0.352 e. The lowest BCUT2D eigenvalue weighted by Crippen LogP contribution is -2.31. The van der Waals surface area contributed by atoms with Crippen LogP contribution in [0.15, 0.2) is 52.3 Å². The van der Waals surface area contributed by atoms with E-state index in [0.717, 1.165) is 40.5 Å². The molecule has 2 atom stereocenters. The molecule has 2 aromatic carbocycles. The molecule has 1 aliphatic heterocycles. The van der Waals surface area contributed by atoms with E-state index < -0.39 is 0 Å². The zero-order valence-corrected chi connectivity index (χ0v) is 17.8. The zero-order valence-electron chi connectivity index (χ0n) is 16.9. The first-order valence-electron chi connectivity index (χ1n) is 11.1. The predicted molar refractivity (Wildman–Crippen MR) is 118 cm³/mol. The molecule has 7 rings (SSSR count). The SMILES string of the molecule is O=C(NCCC12CC3CC(CC1C3)C2)c1ccc2c(c1)NC(=O)c1ccccc1S2. The van der Waals surface area contributed by atoms with Gasteiger partial charge in [-0.1, -0.05) is 23.9 Å². The summed E-state index contributed by atoms with van der Waals surface area (Å²) >= 11 is 1.56. The fourth-order valence-electron chi connectivity index (χ4n) is 6.81. The fraction of sp³-hybridized carbons (Fsp3) is 0.440. The summed E-state index contributed by atoms with van der Waals surface area (Å²) in [5, 5.41) is 6.13. The molecule has 4 saturated carbocycles. The number of anilines is 1. The normalized spacial score (nSPS) is 30.4. The minimum atomic E-state index is -0.124. The van der Waals surface area contributed by atoms with Crippen LogP contribution in [0.1, 0.15) is 59.2 Å². The van der Waals surface area contributed by atoms with E-state index in [9.17, 15) is 9.59 Å². The van der Waals surface area contributed by atoms with Crippen molar-refractivity contribution in [2.75, 3.05) is 11.9 Å². The quantitative estimate of drug-likeness (QED) is 0.704. The van der Waals surface area contributed by atoms with Crippen LogP contribution in [0.4, 0.5) is 5.69 Å². The van der Waals surface area contributed by atoms with Crippen molar-refractivity contribution in [3.05, 3.63) is 53.6 Å². The summed E-state index contributed by atoms with van der Waals surface area (Å²) in [7, 11) is 0. The van der Waals surface area contributed by atoms with Gasteiger partial charge in [0.1, 0.15) is 0 Å². The standard InChI is InChI=1S/C25H26N2O2S/c28-23(26-8-7-25-13-15-9-16(14-25)11-18(25)10-15)17-5-6-22-20(12-17)27-24(29)19-3-1-2-4-21(19)30-22/h1-6,12,15-16,18H,7-11,13-14H2,(H,26,28)(H,27,29). The Labute approximate surface area is 181 Å². The van der Waals surface area contributed by atoms with Crippen molar-refractivity contribution in [3.63, 3.8) is 0 Å². The molecule has 4 aliphatic carbocycles. The molecule has 154 valence electrons. The van der Waals surface area contributed by atoms with E-state index in [1.165, 1.54) is 32.1 Å². The summed E-state index contributed by atoms with van der Waals surface area (Å²) in [6, 6.07) is 13.2. The number of carbonyl (C=O) groups excluding carboxylic acids is 2. The molecule has 2 N–H and O–H groups in total.